The van der Waals surface area contributed by atoms with Gasteiger partial charge in [0, 0.05) is 18.2 Å². The van der Waals surface area contributed by atoms with Crippen molar-refractivity contribution in [2.24, 2.45) is 0 Å². The van der Waals surface area contributed by atoms with E-state index in [0.717, 1.165) is 17.6 Å². The van der Waals surface area contributed by atoms with Crippen LogP contribution in [0.2, 0.25) is 0 Å². The highest BCUT2D eigenvalue weighted by molar-refractivity contribution is 5.89. The standard InChI is InChI=1S/C15H16N2O4/c1-20-13-5-3-11(4-6-13)9-17-10-12(7-8-18)14(16-17)15(19)21-2/h3-6,8,10H,7,9H2,1-2H3. The number of nitrogens with zero attached hydrogens (tertiary/aromatic N) is 2. The van der Waals surface area contributed by atoms with Crippen LogP contribution in [0.15, 0.2) is 30.5 Å². The molecule has 0 aliphatic rings. The average Bonchev–Trinajstić information content (AvgIpc) is 2.90. The van der Waals surface area contributed by atoms with E-state index >= 15 is 0 Å². The van der Waals surface area contributed by atoms with Gasteiger partial charge in [0.15, 0.2) is 5.69 Å². The normalized spacial score (nSPS) is 10.2. The molecule has 0 aliphatic carbocycles. The minimum Gasteiger partial charge on any atom is -0.497 e. The smallest absolute Gasteiger partial charge is 0.358 e. The summed E-state index contributed by atoms with van der Waals surface area (Å²) in [5.41, 5.74) is 1.75. The van der Waals surface area contributed by atoms with Crippen molar-refractivity contribution < 1.29 is 19.1 Å². The van der Waals surface area contributed by atoms with Crippen molar-refractivity contribution in [3.8, 4) is 5.75 Å². The van der Waals surface area contributed by atoms with E-state index in [0.29, 0.717) is 12.1 Å². The third kappa shape index (κ3) is 3.47. The minimum absolute atomic E-state index is 0.132. The molecule has 0 fully saturated rings. The lowest BCUT2D eigenvalue weighted by atomic mass is 10.2. The number of ether oxygens (including phenoxy) is 2. The second kappa shape index (κ2) is 6.69. The Morgan fingerprint density at radius 1 is 1.29 bits per heavy atom. The molecule has 0 N–H and O–H groups in total. The van der Waals surface area contributed by atoms with Gasteiger partial charge in [0.1, 0.15) is 12.0 Å². The number of esters is 1. The molecule has 0 radical (unpaired) electrons. The SMILES string of the molecule is COC(=O)c1nn(Cc2ccc(OC)cc2)cc1CC=O. The molecule has 1 heterocycles. The molecule has 0 amide bonds. The Labute approximate surface area is 122 Å². The summed E-state index contributed by atoms with van der Waals surface area (Å²) in [5.74, 6) is 0.233. The van der Waals surface area contributed by atoms with Crippen LogP contribution in [-0.4, -0.2) is 36.3 Å². The van der Waals surface area contributed by atoms with E-state index in [-0.39, 0.29) is 12.1 Å². The quantitative estimate of drug-likeness (QED) is 0.594. The van der Waals surface area contributed by atoms with Gasteiger partial charge in [0.25, 0.3) is 0 Å². The molecule has 0 bridgehead atoms. The van der Waals surface area contributed by atoms with Crippen molar-refractivity contribution in [3.05, 3.63) is 47.3 Å². The molecule has 0 unspecified atom stereocenters. The van der Waals surface area contributed by atoms with Gasteiger partial charge in [-0.15, -0.1) is 0 Å². The van der Waals surface area contributed by atoms with E-state index in [1.807, 2.05) is 24.3 Å². The zero-order chi connectivity index (χ0) is 15.2. The summed E-state index contributed by atoms with van der Waals surface area (Å²) < 4.78 is 11.4. The maximum atomic E-state index is 11.6. The van der Waals surface area contributed by atoms with E-state index in [2.05, 4.69) is 9.84 Å². The molecule has 0 spiro atoms. The van der Waals surface area contributed by atoms with Gasteiger partial charge in [-0.25, -0.2) is 4.79 Å². The summed E-state index contributed by atoms with van der Waals surface area (Å²) in [6.07, 6.45) is 2.55. The second-order valence-electron chi connectivity index (χ2n) is 4.41. The summed E-state index contributed by atoms with van der Waals surface area (Å²) in [5, 5.41) is 4.19. The van der Waals surface area contributed by atoms with Crippen LogP contribution >= 0.6 is 0 Å². The van der Waals surface area contributed by atoms with Gasteiger partial charge in [-0.1, -0.05) is 12.1 Å². The molecule has 21 heavy (non-hydrogen) atoms. The number of benzene rings is 1. The van der Waals surface area contributed by atoms with Crippen molar-refractivity contribution >= 4 is 12.3 Å². The zero-order valence-corrected chi connectivity index (χ0v) is 11.9. The Morgan fingerprint density at radius 2 is 2.00 bits per heavy atom. The molecule has 2 aromatic rings. The summed E-state index contributed by atoms with van der Waals surface area (Å²) in [6.45, 7) is 0.493. The van der Waals surface area contributed by atoms with E-state index in [9.17, 15) is 9.59 Å². The van der Waals surface area contributed by atoms with Crippen LogP contribution < -0.4 is 4.74 Å². The van der Waals surface area contributed by atoms with Crippen LogP contribution in [0.25, 0.3) is 0 Å². The van der Waals surface area contributed by atoms with Crippen molar-refractivity contribution in [3.63, 3.8) is 0 Å². The third-order valence-corrected chi connectivity index (χ3v) is 3.02. The molecule has 2 rings (SSSR count). The number of hydrogen-bond acceptors (Lipinski definition) is 5. The Kier molecular flexibility index (Phi) is 4.71. The van der Waals surface area contributed by atoms with Crippen molar-refractivity contribution in [2.75, 3.05) is 14.2 Å². The molecular formula is C15H16N2O4. The highest BCUT2D eigenvalue weighted by Gasteiger charge is 2.17. The Hall–Kier alpha value is -2.63. The maximum Gasteiger partial charge on any atom is 0.358 e. The average molecular weight is 288 g/mol. The minimum atomic E-state index is -0.541. The van der Waals surface area contributed by atoms with Crippen molar-refractivity contribution in [1.82, 2.24) is 9.78 Å². The topological polar surface area (TPSA) is 70.4 Å². The maximum absolute atomic E-state index is 11.6. The molecule has 0 saturated carbocycles. The van der Waals surface area contributed by atoms with Gasteiger partial charge >= 0.3 is 5.97 Å². The van der Waals surface area contributed by atoms with Gasteiger partial charge in [-0.05, 0) is 17.7 Å². The van der Waals surface area contributed by atoms with Crippen LogP contribution in [0.4, 0.5) is 0 Å². The van der Waals surface area contributed by atoms with Crippen LogP contribution in [0.1, 0.15) is 21.6 Å². The fourth-order valence-electron chi connectivity index (χ4n) is 1.97. The van der Waals surface area contributed by atoms with Crippen molar-refractivity contribution in [1.29, 1.82) is 0 Å². The van der Waals surface area contributed by atoms with Gasteiger partial charge < -0.3 is 14.3 Å². The summed E-state index contributed by atoms with van der Waals surface area (Å²) in [6, 6.07) is 7.54. The lowest BCUT2D eigenvalue weighted by Gasteiger charge is -2.03. The van der Waals surface area contributed by atoms with Crippen LogP contribution in [-0.2, 0) is 22.5 Å². The lowest BCUT2D eigenvalue weighted by molar-refractivity contribution is -0.107. The van der Waals surface area contributed by atoms with Gasteiger partial charge in [-0.2, -0.15) is 5.10 Å². The fourth-order valence-corrected chi connectivity index (χ4v) is 1.97. The first-order valence-corrected chi connectivity index (χ1v) is 6.39. The monoisotopic (exact) mass is 288 g/mol. The molecule has 0 atom stereocenters. The molecule has 0 saturated heterocycles. The fraction of sp³-hybridized carbons (Fsp3) is 0.267. The third-order valence-electron chi connectivity index (χ3n) is 3.02. The number of aromatic nitrogens is 2. The molecule has 1 aromatic heterocycles. The van der Waals surface area contributed by atoms with Crippen LogP contribution in [0, 0.1) is 0 Å². The second-order valence-corrected chi connectivity index (χ2v) is 4.41. The molecule has 1 aromatic carbocycles. The number of hydrogen-bond donors (Lipinski definition) is 0. The largest absolute Gasteiger partial charge is 0.497 e. The van der Waals surface area contributed by atoms with Gasteiger partial charge in [0.2, 0.25) is 0 Å². The summed E-state index contributed by atoms with van der Waals surface area (Å²) >= 11 is 0. The Balaban J connectivity index is 2.22. The van der Waals surface area contributed by atoms with Crippen LogP contribution in [0.5, 0.6) is 5.75 Å². The van der Waals surface area contributed by atoms with Crippen LogP contribution in [0.3, 0.4) is 0 Å². The predicted molar refractivity (Wildman–Crippen MR) is 75.4 cm³/mol. The summed E-state index contributed by atoms with van der Waals surface area (Å²) in [4.78, 5) is 22.3. The van der Waals surface area contributed by atoms with Gasteiger partial charge in [0.05, 0.1) is 20.8 Å². The number of carbonyl (C=O) groups is 2. The zero-order valence-electron chi connectivity index (χ0n) is 11.9. The van der Waals surface area contributed by atoms with E-state index < -0.39 is 5.97 Å². The molecule has 110 valence electrons. The molecule has 0 aliphatic heterocycles. The first-order chi connectivity index (χ1) is 10.2. The highest BCUT2D eigenvalue weighted by atomic mass is 16.5. The lowest BCUT2D eigenvalue weighted by Crippen LogP contribution is -2.07. The Bertz CT molecular complexity index is 632. The molecular weight excluding hydrogens is 272 g/mol. The van der Waals surface area contributed by atoms with E-state index in [4.69, 9.17) is 4.74 Å². The predicted octanol–water partition coefficient (Wildman–Crippen LogP) is 1.47. The number of carbonyl (C=O) groups excluding carboxylic acids is 2. The highest BCUT2D eigenvalue weighted by Crippen LogP contribution is 2.14. The van der Waals surface area contributed by atoms with Gasteiger partial charge in [-0.3, -0.25) is 4.68 Å². The molecule has 6 nitrogen and oxygen atoms in total. The first-order valence-electron chi connectivity index (χ1n) is 6.39. The number of methoxy groups -OCH3 is 2. The number of aldehydes is 1. The van der Waals surface area contributed by atoms with E-state index in [1.54, 1.807) is 18.0 Å². The summed E-state index contributed by atoms with van der Waals surface area (Å²) in [7, 11) is 2.90. The Morgan fingerprint density at radius 3 is 2.57 bits per heavy atom. The van der Waals surface area contributed by atoms with E-state index in [1.165, 1.54) is 7.11 Å². The first kappa shape index (κ1) is 14.8. The number of rotatable bonds is 6. The van der Waals surface area contributed by atoms with Crippen molar-refractivity contribution in [2.45, 2.75) is 13.0 Å². The molecule has 6 heteroatoms.